The first-order valence-electron chi connectivity index (χ1n) is 10.6. The number of hydrogen-bond donors (Lipinski definition) is 3. The zero-order valence-corrected chi connectivity index (χ0v) is 18.5. The highest BCUT2D eigenvalue weighted by Crippen LogP contribution is 2.31. The zero-order valence-electron chi connectivity index (χ0n) is 17.8. The first-order chi connectivity index (χ1) is 15.4. The molecule has 2 aromatic rings. The maximum Gasteiger partial charge on any atom is 0.315 e. The molecule has 3 N–H and O–H groups in total. The third kappa shape index (κ3) is 6.20. The van der Waals surface area contributed by atoms with Crippen molar-refractivity contribution >= 4 is 40.8 Å². The third-order valence-electron chi connectivity index (χ3n) is 5.14. The van der Waals surface area contributed by atoms with Gasteiger partial charge in [0.05, 0.1) is 10.7 Å². The smallest absolute Gasteiger partial charge is 0.315 e. The molecule has 1 atom stereocenters. The maximum atomic E-state index is 13.0. The number of benzene rings is 2. The fraction of sp³-hybridized carbons (Fsp3) is 0.348. The molecule has 170 valence electrons. The van der Waals surface area contributed by atoms with Crippen LogP contribution in [0.25, 0.3) is 0 Å². The molecule has 1 saturated heterocycles. The second-order valence-electron chi connectivity index (χ2n) is 7.60. The second kappa shape index (κ2) is 10.9. The number of anilines is 2. The molecular formula is C23H26ClFN4O3. The Hall–Kier alpha value is -3.13. The van der Waals surface area contributed by atoms with Gasteiger partial charge in [-0.25, -0.2) is 9.18 Å². The molecule has 7 nitrogen and oxygen atoms in total. The number of rotatable bonds is 8. The Morgan fingerprint density at radius 3 is 2.56 bits per heavy atom. The number of halogens is 2. The number of nitrogens with one attached hydrogen (secondary N) is 3. The normalized spacial score (nSPS) is 14.2. The van der Waals surface area contributed by atoms with Gasteiger partial charge in [0.25, 0.3) is 0 Å². The fourth-order valence-corrected chi connectivity index (χ4v) is 3.77. The van der Waals surface area contributed by atoms with Crippen molar-refractivity contribution < 1.29 is 18.8 Å². The third-order valence-corrected chi connectivity index (χ3v) is 5.45. The van der Waals surface area contributed by atoms with Crippen LogP contribution in [0.3, 0.4) is 0 Å². The average molecular weight is 461 g/mol. The molecule has 2 aromatic carbocycles. The number of hydrogen-bond acceptors (Lipinski definition) is 3. The summed E-state index contributed by atoms with van der Waals surface area (Å²) in [4.78, 5) is 38.6. The number of urea groups is 1. The summed E-state index contributed by atoms with van der Waals surface area (Å²) < 4.78 is 13.0. The van der Waals surface area contributed by atoms with E-state index < -0.39 is 12.1 Å². The van der Waals surface area contributed by atoms with E-state index in [1.165, 1.54) is 12.1 Å². The quantitative estimate of drug-likeness (QED) is 0.551. The summed E-state index contributed by atoms with van der Waals surface area (Å²) in [7, 11) is 0. The minimum Gasteiger partial charge on any atom is -0.334 e. The molecule has 0 spiro atoms. The minimum absolute atomic E-state index is 0.0301. The van der Waals surface area contributed by atoms with Crippen LogP contribution in [-0.2, 0) is 16.1 Å². The van der Waals surface area contributed by atoms with Crippen LogP contribution in [0.1, 0.15) is 38.2 Å². The molecule has 0 saturated carbocycles. The Morgan fingerprint density at radius 2 is 1.94 bits per heavy atom. The Bertz CT molecular complexity index is 984. The molecule has 0 aromatic heterocycles. The summed E-state index contributed by atoms with van der Waals surface area (Å²) in [6.07, 6.45) is 2.43. The molecule has 1 unspecified atom stereocenters. The Balaban J connectivity index is 1.58. The van der Waals surface area contributed by atoms with E-state index in [1.807, 2.05) is 6.92 Å². The largest absolute Gasteiger partial charge is 0.334 e. The molecule has 32 heavy (non-hydrogen) atoms. The maximum absolute atomic E-state index is 13.0. The molecule has 0 aliphatic carbocycles. The van der Waals surface area contributed by atoms with Gasteiger partial charge in [-0.15, -0.1) is 0 Å². The predicted octanol–water partition coefficient (Wildman–Crippen LogP) is 4.21. The highest BCUT2D eigenvalue weighted by molar-refractivity contribution is 6.34. The molecular weight excluding hydrogens is 435 g/mol. The number of nitrogens with zero attached hydrogens (tertiary/aromatic N) is 1. The van der Waals surface area contributed by atoms with E-state index in [2.05, 4.69) is 16.0 Å². The van der Waals surface area contributed by atoms with E-state index in [0.29, 0.717) is 42.2 Å². The van der Waals surface area contributed by atoms with E-state index >= 15 is 0 Å². The lowest BCUT2D eigenvalue weighted by atomic mass is 10.1. The zero-order chi connectivity index (χ0) is 23.1. The van der Waals surface area contributed by atoms with Gasteiger partial charge in [-0.1, -0.05) is 37.1 Å². The van der Waals surface area contributed by atoms with Crippen LogP contribution in [0.15, 0.2) is 42.5 Å². The van der Waals surface area contributed by atoms with E-state index in [4.69, 9.17) is 11.6 Å². The van der Waals surface area contributed by atoms with Crippen LogP contribution in [0.5, 0.6) is 0 Å². The van der Waals surface area contributed by atoms with Crippen LogP contribution < -0.4 is 20.9 Å². The molecule has 1 aliphatic heterocycles. The van der Waals surface area contributed by atoms with Gasteiger partial charge in [0, 0.05) is 25.2 Å². The average Bonchev–Trinajstić information content (AvgIpc) is 3.18. The van der Waals surface area contributed by atoms with Crippen molar-refractivity contribution in [3.05, 3.63) is 58.9 Å². The Morgan fingerprint density at radius 1 is 1.19 bits per heavy atom. The van der Waals surface area contributed by atoms with Crippen molar-refractivity contribution in [2.45, 2.75) is 45.2 Å². The van der Waals surface area contributed by atoms with Gasteiger partial charge in [0.1, 0.15) is 11.9 Å². The molecule has 1 heterocycles. The lowest BCUT2D eigenvalue weighted by Crippen LogP contribution is -2.47. The lowest BCUT2D eigenvalue weighted by Gasteiger charge is -2.20. The van der Waals surface area contributed by atoms with Crippen LogP contribution in [-0.4, -0.2) is 30.4 Å². The molecule has 0 bridgehead atoms. The number of carbonyl (C=O) groups is 3. The van der Waals surface area contributed by atoms with Crippen molar-refractivity contribution in [3.63, 3.8) is 0 Å². The lowest BCUT2D eigenvalue weighted by molar-refractivity contribution is -0.118. The van der Waals surface area contributed by atoms with Crippen LogP contribution in [0.4, 0.5) is 20.6 Å². The van der Waals surface area contributed by atoms with Gasteiger partial charge >= 0.3 is 6.03 Å². The SMILES string of the molecule is CCCC(NC(=O)NCc1ccc(F)cc1)C(=O)Nc1ccc(N2CCCC2=O)c(Cl)c1. The van der Waals surface area contributed by atoms with Gasteiger partial charge in [-0.3, -0.25) is 9.59 Å². The summed E-state index contributed by atoms with van der Waals surface area (Å²) in [6, 6.07) is 9.54. The summed E-state index contributed by atoms with van der Waals surface area (Å²) in [5.41, 5.74) is 1.84. The van der Waals surface area contributed by atoms with E-state index in [1.54, 1.807) is 35.2 Å². The monoisotopic (exact) mass is 460 g/mol. The first-order valence-corrected chi connectivity index (χ1v) is 10.9. The van der Waals surface area contributed by atoms with E-state index in [0.717, 1.165) is 12.0 Å². The number of amides is 4. The molecule has 1 aliphatic rings. The second-order valence-corrected chi connectivity index (χ2v) is 8.01. The topological polar surface area (TPSA) is 90.5 Å². The van der Waals surface area contributed by atoms with Gasteiger partial charge in [-0.2, -0.15) is 0 Å². The Labute approximate surface area is 191 Å². The molecule has 4 amide bonds. The van der Waals surface area contributed by atoms with Crippen molar-refractivity contribution in [2.75, 3.05) is 16.8 Å². The van der Waals surface area contributed by atoms with Crippen molar-refractivity contribution in [3.8, 4) is 0 Å². The van der Waals surface area contributed by atoms with Gasteiger partial charge < -0.3 is 20.9 Å². The fourth-order valence-electron chi connectivity index (χ4n) is 3.49. The van der Waals surface area contributed by atoms with E-state index in [-0.39, 0.29) is 24.2 Å². The van der Waals surface area contributed by atoms with Crippen LogP contribution in [0, 0.1) is 5.82 Å². The van der Waals surface area contributed by atoms with Crippen molar-refractivity contribution in [2.24, 2.45) is 0 Å². The van der Waals surface area contributed by atoms with Gasteiger partial charge in [-0.05, 0) is 48.7 Å². The van der Waals surface area contributed by atoms with E-state index in [9.17, 15) is 18.8 Å². The summed E-state index contributed by atoms with van der Waals surface area (Å²) in [5, 5.41) is 8.48. The Kier molecular flexibility index (Phi) is 8.05. The summed E-state index contributed by atoms with van der Waals surface area (Å²) in [5.74, 6) is -0.689. The number of carbonyl (C=O) groups excluding carboxylic acids is 3. The molecule has 1 fully saturated rings. The van der Waals surface area contributed by atoms with Crippen molar-refractivity contribution in [1.29, 1.82) is 0 Å². The molecule has 0 radical (unpaired) electrons. The highest BCUT2D eigenvalue weighted by Gasteiger charge is 2.24. The molecule has 9 heteroatoms. The van der Waals surface area contributed by atoms with Gasteiger partial charge in [0.15, 0.2) is 0 Å². The standard InChI is InChI=1S/C23H26ClFN4O3/c1-2-4-19(28-23(32)26-14-15-6-8-16(25)9-7-15)22(31)27-17-10-11-20(18(24)13-17)29-12-3-5-21(29)30/h6-11,13,19H,2-5,12,14H2,1H3,(H,27,31)(H2,26,28,32). The first kappa shape index (κ1) is 23.5. The summed E-state index contributed by atoms with van der Waals surface area (Å²) >= 11 is 6.34. The predicted molar refractivity (Wildman–Crippen MR) is 122 cm³/mol. The minimum atomic E-state index is -0.744. The van der Waals surface area contributed by atoms with Gasteiger partial charge in [0.2, 0.25) is 11.8 Å². The molecule has 3 rings (SSSR count). The van der Waals surface area contributed by atoms with Crippen LogP contribution in [0.2, 0.25) is 5.02 Å². The van der Waals surface area contributed by atoms with Crippen molar-refractivity contribution in [1.82, 2.24) is 10.6 Å². The highest BCUT2D eigenvalue weighted by atomic mass is 35.5. The summed E-state index contributed by atoms with van der Waals surface area (Å²) in [6.45, 7) is 2.75. The van der Waals surface area contributed by atoms with Crippen LogP contribution >= 0.6 is 11.6 Å².